The molecule has 1 nitrogen and oxygen atoms in total. The minimum absolute atomic E-state index is 0.517. The van der Waals surface area contributed by atoms with Crippen LogP contribution in [-0.4, -0.2) is 6.54 Å². The molecule has 0 aromatic heterocycles. The van der Waals surface area contributed by atoms with E-state index in [1.807, 2.05) is 18.2 Å². The number of rotatable bonds is 2. The molecule has 0 aliphatic carbocycles. The van der Waals surface area contributed by atoms with Gasteiger partial charge in [0.05, 0.1) is 10.0 Å². The summed E-state index contributed by atoms with van der Waals surface area (Å²) in [6.45, 7) is 1.12. The molecule has 3 rings (SSSR count). The molecule has 1 aliphatic rings. The number of benzene rings is 2. The number of hydrogen-bond acceptors (Lipinski definition) is 1. The Kier molecular flexibility index (Phi) is 3.79. The highest BCUT2D eigenvalue weighted by Crippen LogP contribution is 2.30. The minimum atomic E-state index is 0.517. The van der Waals surface area contributed by atoms with Crippen molar-refractivity contribution in [3.05, 3.63) is 58.1 Å². The number of hydrogen-bond donors (Lipinski definition) is 1. The van der Waals surface area contributed by atoms with Gasteiger partial charge in [-0.2, -0.15) is 0 Å². The van der Waals surface area contributed by atoms with E-state index in [4.69, 9.17) is 23.2 Å². The molecule has 0 spiro atoms. The molecular formula is C16H15Cl2N. The van der Waals surface area contributed by atoms with E-state index in [9.17, 15) is 0 Å². The van der Waals surface area contributed by atoms with Gasteiger partial charge in [0.25, 0.3) is 0 Å². The lowest BCUT2D eigenvalue weighted by atomic mass is 10.00. The van der Waals surface area contributed by atoms with Crippen molar-refractivity contribution in [2.45, 2.75) is 18.9 Å². The van der Waals surface area contributed by atoms with Crippen LogP contribution in [0.3, 0.4) is 0 Å². The monoisotopic (exact) mass is 291 g/mol. The largest absolute Gasteiger partial charge is 0.310 e. The standard InChI is InChI=1S/C16H15Cl2N/c17-14-8-7-13(10-15(14)18)11-3-5-12(6-4-11)16-2-1-9-19-16/h3-8,10,16,19H,1-2,9H2. The third kappa shape index (κ3) is 2.79. The van der Waals surface area contributed by atoms with Crippen LogP contribution in [0.5, 0.6) is 0 Å². The molecule has 1 fully saturated rings. The van der Waals surface area contributed by atoms with Gasteiger partial charge in [-0.3, -0.25) is 0 Å². The summed E-state index contributed by atoms with van der Waals surface area (Å²) >= 11 is 12.0. The van der Waals surface area contributed by atoms with Crippen LogP contribution in [0, 0.1) is 0 Å². The molecule has 1 unspecified atom stereocenters. The molecule has 1 N–H and O–H groups in total. The first-order valence-corrected chi connectivity index (χ1v) is 7.28. The molecule has 0 radical (unpaired) electrons. The fourth-order valence-electron chi connectivity index (χ4n) is 2.55. The summed E-state index contributed by atoms with van der Waals surface area (Å²) in [5, 5.41) is 4.70. The number of halogens is 2. The van der Waals surface area contributed by atoms with Gasteiger partial charge in [0.15, 0.2) is 0 Å². The summed E-state index contributed by atoms with van der Waals surface area (Å²) in [6.07, 6.45) is 2.49. The van der Waals surface area contributed by atoms with E-state index in [0.717, 1.165) is 12.1 Å². The Hall–Kier alpha value is -1.02. The average Bonchev–Trinajstić information content (AvgIpc) is 2.96. The second-order valence-corrected chi connectivity index (χ2v) is 5.71. The zero-order valence-corrected chi connectivity index (χ0v) is 12.0. The maximum atomic E-state index is 6.06. The van der Waals surface area contributed by atoms with Crippen molar-refractivity contribution in [1.82, 2.24) is 5.32 Å². The van der Waals surface area contributed by atoms with Gasteiger partial charge >= 0.3 is 0 Å². The van der Waals surface area contributed by atoms with Gasteiger partial charge < -0.3 is 5.32 Å². The molecule has 1 aliphatic heterocycles. The van der Waals surface area contributed by atoms with E-state index < -0.39 is 0 Å². The second-order valence-electron chi connectivity index (χ2n) is 4.90. The molecule has 0 amide bonds. The molecule has 0 saturated carbocycles. The molecule has 0 bridgehead atoms. The topological polar surface area (TPSA) is 12.0 Å². The third-order valence-electron chi connectivity index (χ3n) is 3.63. The first-order chi connectivity index (χ1) is 9.24. The average molecular weight is 292 g/mol. The van der Waals surface area contributed by atoms with Crippen LogP contribution in [0.4, 0.5) is 0 Å². The van der Waals surface area contributed by atoms with Gasteiger partial charge in [-0.15, -0.1) is 0 Å². The van der Waals surface area contributed by atoms with Gasteiger partial charge in [-0.1, -0.05) is 53.5 Å². The second kappa shape index (κ2) is 5.54. The molecule has 3 heteroatoms. The van der Waals surface area contributed by atoms with Crippen molar-refractivity contribution in [2.75, 3.05) is 6.54 Å². The Bertz CT molecular complexity index is 572. The lowest BCUT2D eigenvalue weighted by molar-refractivity contribution is 0.648. The van der Waals surface area contributed by atoms with E-state index in [-0.39, 0.29) is 0 Å². The maximum absolute atomic E-state index is 6.06. The molecule has 2 aromatic rings. The Morgan fingerprint density at radius 2 is 1.63 bits per heavy atom. The predicted octanol–water partition coefficient (Wildman–Crippen LogP) is 5.08. The van der Waals surface area contributed by atoms with E-state index in [1.165, 1.54) is 24.0 Å². The summed E-state index contributed by atoms with van der Waals surface area (Å²) in [4.78, 5) is 0. The van der Waals surface area contributed by atoms with Crippen molar-refractivity contribution in [2.24, 2.45) is 0 Å². The van der Waals surface area contributed by atoms with Gasteiger partial charge in [0, 0.05) is 6.04 Å². The summed E-state index contributed by atoms with van der Waals surface area (Å²) in [5.74, 6) is 0. The highest BCUT2D eigenvalue weighted by atomic mass is 35.5. The van der Waals surface area contributed by atoms with Crippen LogP contribution < -0.4 is 5.32 Å². The molecule has 1 atom stereocenters. The zero-order valence-electron chi connectivity index (χ0n) is 10.5. The first kappa shape index (κ1) is 13.0. The highest BCUT2D eigenvalue weighted by molar-refractivity contribution is 6.42. The van der Waals surface area contributed by atoms with Crippen molar-refractivity contribution >= 4 is 23.2 Å². The van der Waals surface area contributed by atoms with Crippen LogP contribution in [0.15, 0.2) is 42.5 Å². The maximum Gasteiger partial charge on any atom is 0.0598 e. The van der Waals surface area contributed by atoms with E-state index >= 15 is 0 Å². The SMILES string of the molecule is Clc1ccc(-c2ccc(C3CCCN3)cc2)cc1Cl. The van der Waals surface area contributed by atoms with Gasteiger partial charge in [-0.05, 0) is 48.2 Å². The van der Waals surface area contributed by atoms with Crippen molar-refractivity contribution < 1.29 is 0 Å². The smallest absolute Gasteiger partial charge is 0.0598 e. The quantitative estimate of drug-likeness (QED) is 0.813. The Morgan fingerprint density at radius 1 is 0.895 bits per heavy atom. The molecule has 2 aromatic carbocycles. The number of nitrogens with one attached hydrogen (secondary N) is 1. The summed E-state index contributed by atoms with van der Waals surface area (Å²) in [6, 6.07) is 14.9. The van der Waals surface area contributed by atoms with E-state index in [2.05, 4.69) is 29.6 Å². The Labute approximate surface area is 123 Å². The van der Waals surface area contributed by atoms with Crippen LogP contribution in [0.2, 0.25) is 10.0 Å². The lowest BCUT2D eigenvalue weighted by Crippen LogP contribution is -2.12. The molecular weight excluding hydrogens is 277 g/mol. The highest BCUT2D eigenvalue weighted by Gasteiger charge is 2.15. The fraction of sp³-hybridized carbons (Fsp3) is 0.250. The summed E-state index contributed by atoms with van der Waals surface area (Å²) < 4.78 is 0. The molecule has 1 saturated heterocycles. The van der Waals surface area contributed by atoms with E-state index in [0.29, 0.717) is 16.1 Å². The minimum Gasteiger partial charge on any atom is -0.310 e. The van der Waals surface area contributed by atoms with Crippen LogP contribution in [0.1, 0.15) is 24.4 Å². The molecule has 1 heterocycles. The fourth-order valence-corrected chi connectivity index (χ4v) is 2.85. The Balaban J connectivity index is 1.87. The van der Waals surface area contributed by atoms with Crippen molar-refractivity contribution in [1.29, 1.82) is 0 Å². The molecule has 98 valence electrons. The van der Waals surface area contributed by atoms with Crippen molar-refractivity contribution in [3.8, 4) is 11.1 Å². The lowest BCUT2D eigenvalue weighted by Gasteiger charge is -2.11. The first-order valence-electron chi connectivity index (χ1n) is 6.53. The summed E-state index contributed by atoms with van der Waals surface area (Å²) in [5.41, 5.74) is 3.63. The summed E-state index contributed by atoms with van der Waals surface area (Å²) in [7, 11) is 0. The predicted molar refractivity (Wildman–Crippen MR) is 81.9 cm³/mol. The van der Waals surface area contributed by atoms with Crippen molar-refractivity contribution in [3.63, 3.8) is 0 Å². The third-order valence-corrected chi connectivity index (χ3v) is 4.37. The van der Waals surface area contributed by atoms with E-state index in [1.54, 1.807) is 0 Å². The van der Waals surface area contributed by atoms with Crippen LogP contribution in [0.25, 0.3) is 11.1 Å². The van der Waals surface area contributed by atoms with Gasteiger partial charge in [0.2, 0.25) is 0 Å². The molecule has 19 heavy (non-hydrogen) atoms. The van der Waals surface area contributed by atoms with Gasteiger partial charge in [-0.25, -0.2) is 0 Å². The van der Waals surface area contributed by atoms with Crippen LogP contribution >= 0.6 is 23.2 Å². The normalized spacial score (nSPS) is 18.7. The zero-order chi connectivity index (χ0) is 13.2. The van der Waals surface area contributed by atoms with Gasteiger partial charge in [0.1, 0.15) is 0 Å². The Morgan fingerprint density at radius 3 is 2.26 bits per heavy atom. The van der Waals surface area contributed by atoms with Crippen LogP contribution in [-0.2, 0) is 0 Å².